The maximum atomic E-state index is 12.9. The van der Waals surface area contributed by atoms with Crippen molar-refractivity contribution in [1.29, 1.82) is 0 Å². The standard InChI is InChI=1S/C64H112O6/c1-4-7-10-13-16-19-22-25-28-29-30-31-32-33-34-35-37-39-42-45-48-51-54-57-63(66)69-60-61(59-68-62(65)56-53-50-47-44-41-38-27-24-21-18-15-12-9-6-3)70-64(67)58-55-52-49-46-43-40-36-26-23-20-17-14-11-8-5-2/h17,20,22,24-27,29-30,32-33,36,61H,4-16,18-19,21,23,28,31,34-35,37-60H2,1-3H3/b20-17-,25-22-,27-24-,30-29-,33-32-,36-26-. The molecular weight excluding hydrogens is 865 g/mol. The number of hydrogen-bond donors (Lipinski definition) is 0. The number of carbonyl (C=O) groups is 3. The van der Waals surface area contributed by atoms with Crippen LogP contribution in [0.1, 0.15) is 297 Å². The topological polar surface area (TPSA) is 78.9 Å². The van der Waals surface area contributed by atoms with Crippen molar-refractivity contribution in [3.63, 3.8) is 0 Å². The molecule has 70 heavy (non-hydrogen) atoms. The number of rotatable bonds is 54. The van der Waals surface area contributed by atoms with Crippen molar-refractivity contribution in [3.8, 4) is 0 Å². The van der Waals surface area contributed by atoms with Crippen molar-refractivity contribution in [2.24, 2.45) is 0 Å². The Bertz CT molecular complexity index is 1310. The van der Waals surface area contributed by atoms with Gasteiger partial charge in [0.15, 0.2) is 6.10 Å². The van der Waals surface area contributed by atoms with Gasteiger partial charge >= 0.3 is 17.9 Å². The summed E-state index contributed by atoms with van der Waals surface area (Å²) in [5.74, 6) is -0.907. The van der Waals surface area contributed by atoms with Crippen molar-refractivity contribution in [3.05, 3.63) is 72.9 Å². The lowest BCUT2D eigenvalue weighted by Gasteiger charge is -2.18. The molecule has 0 N–H and O–H groups in total. The van der Waals surface area contributed by atoms with Crippen LogP contribution in [0.25, 0.3) is 0 Å². The van der Waals surface area contributed by atoms with Gasteiger partial charge in [-0.05, 0) is 116 Å². The van der Waals surface area contributed by atoms with E-state index in [1.807, 2.05) is 0 Å². The largest absolute Gasteiger partial charge is 0.462 e. The molecule has 404 valence electrons. The smallest absolute Gasteiger partial charge is 0.306 e. The van der Waals surface area contributed by atoms with E-state index in [0.29, 0.717) is 19.3 Å². The molecule has 0 aliphatic rings. The monoisotopic (exact) mass is 977 g/mol. The molecule has 0 bridgehead atoms. The highest BCUT2D eigenvalue weighted by Gasteiger charge is 2.19. The summed E-state index contributed by atoms with van der Waals surface area (Å²) < 4.78 is 16.9. The van der Waals surface area contributed by atoms with Crippen molar-refractivity contribution in [2.75, 3.05) is 13.2 Å². The number of esters is 3. The summed E-state index contributed by atoms with van der Waals surface area (Å²) in [6, 6.07) is 0. The fourth-order valence-electron chi connectivity index (χ4n) is 8.36. The lowest BCUT2D eigenvalue weighted by atomic mass is 10.1. The van der Waals surface area contributed by atoms with Gasteiger partial charge in [0.25, 0.3) is 0 Å². The minimum atomic E-state index is -0.790. The number of ether oxygens (including phenoxy) is 3. The van der Waals surface area contributed by atoms with E-state index in [1.54, 1.807) is 0 Å². The van der Waals surface area contributed by atoms with Gasteiger partial charge in [-0.3, -0.25) is 14.4 Å². The fraction of sp³-hybridized carbons (Fsp3) is 0.766. The minimum absolute atomic E-state index is 0.0871. The van der Waals surface area contributed by atoms with Gasteiger partial charge in [-0.1, -0.05) is 235 Å². The summed E-state index contributed by atoms with van der Waals surface area (Å²) in [5, 5.41) is 0. The first-order valence-electron chi connectivity index (χ1n) is 29.9. The first-order chi connectivity index (χ1) is 34.5. The van der Waals surface area contributed by atoms with Crippen LogP contribution in [-0.4, -0.2) is 37.2 Å². The molecule has 0 aliphatic heterocycles. The Morgan fingerprint density at radius 2 is 0.514 bits per heavy atom. The Morgan fingerprint density at radius 1 is 0.286 bits per heavy atom. The molecule has 0 aromatic carbocycles. The van der Waals surface area contributed by atoms with Crippen LogP contribution in [0.4, 0.5) is 0 Å². The average molecular weight is 978 g/mol. The van der Waals surface area contributed by atoms with Crippen LogP contribution < -0.4 is 0 Å². The Hall–Kier alpha value is -3.15. The van der Waals surface area contributed by atoms with Crippen LogP contribution in [-0.2, 0) is 28.6 Å². The fourth-order valence-corrected chi connectivity index (χ4v) is 8.36. The van der Waals surface area contributed by atoms with Crippen molar-refractivity contribution >= 4 is 17.9 Å². The summed E-state index contributed by atoms with van der Waals surface area (Å²) in [6.45, 7) is 6.59. The third-order valence-electron chi connectivity index (χ3n) is 12.9. The van der Waals surface area contributed by atoms with Crippen molar-refractivity contribution in [2.45, 2.75) is 303 Å². The second kappa shape index (κ2) is 58.4. The molecule has 1 unspecified atom stereocenters. The molecule has 6 heteroatoms. The van der Waals surface area contributed by atoms with E-state index >= 15 is 0 Å². The molecule has 0 saturated carbocycles. The van der Waals surface area contributed by atoms with Gasteiger partial charge in [0, 0.05) is 19.3 Å². The highest BCUT2D eigenvalue weighted by atomic mass is 16.6. The van der Waals surface area contributed by atoms with E-state index in [0.717, 1.165) is 109 Å². The van der Waals surface area contributed by atoms with E-state index in [1.165, 1.54) is 148 Å². The predicted molar refractivity (Wildman–Crippen MR) is 302 cm³/mol. The lowest BCUT2D eigenvalue weighted by molar-refractivity contribution is -0.167. The van der Waals surface area contributed by atoms with Gasteiger partial charge in [0.2, 0.25) is 0 Å². The van der Waals surface area contributed by atoms with Crippen molar-refractivity contribution in [1.82, 2.24) is 0 Å². The summed E-state index contributed by atoms with van der Waals surface area (Å²) >= 11 is 0. The molecule has 0 heterocycles. The highest BCUT2D eigenvalue weighted by Crippen LogP contribution is 2.15. The summed E-state index contributed by atoms with van der Waals surface area (Å²) in [5.41, 5.74) is 0. The SMILES string of the molecule is CCCCC/C=C\C/C=C\CCCCCCCC(=O)OC(COC(=O)CCCCCCC/C=C\CCCCCCC)COC(=O)CCCCCCCCCC/C=C\C/C=C\C/C=C\CCCCCCC. The quantitative estimate of drug-likeness (QED) is 0.0261. The Balaban J connectivity index is 4.37. The zero-order valence-corrected chi connectivity index (χ0v) is 46.3. The summed E-state index contributed by atoms with van der Waals surface area (Å²) in [6.07, 6.45) is 74.6. The van der Waals surface area contributed by atoms with Gasteiger partial charge in [-0.25, -0.2) is 0 Å². The maximum Gasteiger partial charge on any atom is 0.306 e. The molecule has 0 amide bonds. The van der Waals surface area contributed by atoms with E-state index in [9.17, 15) is 14.4 Å². The second-order valence-electron chi connectivity index (χ2n) is 19.9. The van der Waals surface area contributed by atoms with Crippen molar-refractivity contribution < 1.29 is 28.6 Å². The van der Waals surface area contributed by atoms with Crippen LogP contribution >= 0.6 is 0 Å². The van der Waals surface area contributed by atoms with Crippen LogP contribution in [0.3, 0.4) is 0 Å². The Morgan fingerprint density at radius 3 is 0.843 bits per heavy atom. The molecule has 6 nitrogen and oxygen atoms in total. The molecule has 1 atom stereocenters. The van der Waals surface area contributed by atoms with Crippen LogP contribution in [0.15, 0.2) is 72.9 Å². The third-order valence-corrected chi connectivity index (χ3v) is 12.9. The van der Waals surface area contributed by atoms with E-state index in [4.69, 9.17) is 14.2 Å². The molecular formula is C64H112O6. The lowest BCUT2D eigenvalue weighted by Crippen LogP contribution is -2.30. The average Bonchev–Trinajstić information content (AvgIpc) is 3.36. The number of unbranched alkanes of at least 4 members (excludes halogenated alkanes) is 31. The second-order valence-corrected chi connectivity index (χ2v) is 19.9. The van der Waals surface area contributed by atoms with Gasteiger partial charge in [0.05, 0.1) is 0 Å². The van der Waals surface area contributed by atoms with E-state index < -0.39 is 6.10 Å². The molecule has 0 rings (SSSR count). The summed E-state index contributed by atoms with van der Waals surface area (Å²) in [4.78, 5) is 38.2. The number of allylic oxidation sites excluding steroid dienone is 12. The number of hydrogen-bond acceptors (Lipinski definition) is 6. The van der Waals surface area contributed by atoms with Gasteiger partial charge in [-0.2, -0.15) is 0 Å². The minimum Gasteiger partial charge on any atom is -0.462 e. The maximum absolute atomic E-state index is 12.9. The number of carbonyl (C=O) groups excluding carboxylic acids is 3. The predicted octanol–water partition coefficient (Wildman–Crippen LogP) is 20.2. The first-order valence-corrected chi connectivity index (χ1v) is 29.9. The molecule has 0 aliphatic carbocycles. The normalized spacial score (nSPS) is 12.6. The Kier molecular flexibility index (Phi) is 55.8. The molecule has 0 fully saturated rings. The van der Waals surface area contributed by atoms with E-state index in [-0.39, 0.29) is 31.1 Å². The molecule has 0 radical (unpaired) electrons. The molecule has 0 aromatic rings. The zero-order chi connectivity index (χ0) is 50.7. The van der Waals surface area contributed by atoms with Gasteiger partial charge < -0.3 is 14.2 Å². The molecule has 0 aromatic heterocycles. The Labute approximate surface area is 433 Å². The molecule has 0 spiro atoms. The first kappa shape index (κ1) is 66.9. The van der Waals surface area contributed by atoms with Crippen LogP contribution in [0.5, 0.6) is 0 Å². The summed E-state index contributed by atoms with van der Waals surface area (Å²) in [7, 11) is 0. The molecule has 0 saturated heterocycles. The highest BCUT2D eigenvalue weighted by molar-refractivity contribution is 5.71. The zero-order valence-electron chi connectivity index (χ0n) is 46.3. The van der Waals surface area contributed by atoms with Crippen LogP contribution in [0, 0.1) is 0 Å². The van der Waals surface area contributed by atoms with Gasteiger partial charge in [-0.15, -0.1) is 0 Å². The van der Waals surface area contributed by atoms with Gasteiger partial charge in [0.1, 0.15) is 13.2 Å². The van der Waals surface area contributed by atoms with Crippen LogP contribution in [0.2, 0.25) is 0 Å². The van der Waals surface area contributed by atoms with E-state index in [2.05, 4.69) is 93.7 Å². The third kappa shape index (κ3) is 55.8.